The van der Waals surface area contributed by atoms with Gasteiger partial charge in [-0.1, -0.05) is 12.8 Å². The quantitative estimate of drug-likeness (QED) is 0.788. The van der Waals surface area contributed by atoms with Crippen molar-refractivity contribution in [2.24, 2.45) is 5.92 Å². The van der Waals surface area contributed by atoms with Gasteiger partial charge in [-0.05, 0) is 31.6 Å². The summed E-state index contributed by atoms with van der Waals surface area (Å²) in [5.74, 6) is 2.57. The number of anilines is 1. The summed E-state index contributed by atoms with van der Waals surface area (Å²) in [5, 5.41) is 2.08. The number of halogens is 1. The number of aromatic nitrogens is 2. The second-order valence-electron chi connectivity index (χ2n) is 6.02. The van der Waals surface area contributed by atoms with Gasteiger partial charge in [-0.25, -0.2) is 4.98 Å². The van der Waals surface area contributed by atoms with E-state index in [-0.39, 0.29) is 0 Å². The first-order chi connectivity index (χ1) is 9.88. The zero-order valence-corrected chi connectivity index (χ0v) is 13.2. The molecule has 20 heavy (non-hydrogen) atoms. The molecule has 108 valence electrons. The molecule has 0 amide bonds. The molecule has 5 heteroatoms. The first-order valence-corrected chi connectivity index (χ1v) is 9.07. The summed E-state index contributed by atoms with van der Waals surface area (Å²) in [5.41, 5.74) is 1.17. The predicted molar refractivity (Wildman–Crippen MR) is 85.0 cm³/mol. The van der Waals surface area contributed by atoms with Crippen molar-refractivity contribution in [3.8, 4) is 0 Å². The van der Waals surface area contributed by atoms with Crippen molar-refractivity contribution in [1.29, 1.82) is 0 Å². The smallest absolute Gasteiger partial charge is 0.195 e. The number of hydrogen-bond donors (Lipinski definition) is 0. The third-order valence-electron chi connectivity index (χ3n) is 4.98. The summed E-state index contributed by atoms with van der Waals surface area (Å²) in [6, 6.07) is 0.698. The van der Waals surface area contributed by atoms with Gasteiger partial charge in [0.15, 0.2) is 10.8 Å². The second kappa shape index (κ2) is 5.23. The molecule has 0 spiro atoms. The Morgan fingerprint density at radius 1 is 1.25 bits per heavy atom. The molecule has 0 aromatic carbocycles. The summed E-state index contributed by atoms with van der Waals surface area (Å²) in [7, 11) is 0. The van der Waals surface area contributed by atoms with Gasteiger partial charge in [0.25, 0.3) is 0 Å². The van der Waals surface area contributed by atoms with Crippen LogP contribution in [0.5, 0.6) is 0 Å². The molecule has 2 aromatic heterocycles. The lowest BCUT2D eigenvalue weighted by atomic mass is 9.96. The summed E-state index contributed by atoms with van der Waals surface area (Å²) >= 11 is 7.91. The standard InChI is InChI=1S/C15H20ClN3S/c16-10-13-14(17-15-19(13)8-9-20-15)18-7-3-6-12(18)11-4-1-2-5-11/h8-9,11-12H,1-7,10H2. The number of rotatable bonds is 3. The van der Waals surface area contributed by atoms with Crippen LogP contribution in [-0.4, -0.2) is 22.0 Å². The van der Waals surface area contributed by atoms with E-state index in [4.69, 9.17) is 16.6 Å². The Bertz CT molecular complexity index is 599. The topological polar surface area (TPSA) is 20.5 Å². The van der Waals surface area contributed by atoms with Crippen LogP contribution < -0.4 is 4.90 Å². The van der Waals surface area contributed by atoms with Crippen molar-refractivity contribution in [2.45, 2.75) is 50.4 Å². The molecule has 1 aliphatic heterocycles. The second-order valence-corrected chi connectivity index (χ2v) is 7.16. The highest BCUT2D eigenvalue weighted by atomic mass is 35.5. The van der Waals surface area contributed by atoms with E-state index in [9.17, 15) is 0 Å². The number of thiazole rings is 1. The maximum Gasteiger partial charge on any atom is 0.195 e. The monoisotopic (exact) mass is 309 g/mol. The minimum atomic E-state index is 0.543. The number of nitrogens with zero attached hydrogens (tertiary/aromatic N) is 3. The molecule has 0 N–H and O–H groups in total. The summed E-state index contributed by atoms with van der Waals surface area (Å²) < 4.78 is 2.16. The van der Waals surface area contributed by atoms with Crippen LogP contribution in [0.1, 0.15) is 44.2 Å². The maximum atomic E-state index is 6.21. The molecule has 2 fully saturated rings. The third-order valence-corrected chi connectivity index (χ3v) is 5.99. The van der Waals surface area contributed by atoms with Crippen molar-refractivity contribution < 1.29 is 0 Å². The van der Waals surface area contributed by atoms with Gasteiger partial charge in [0, 0.05) is 24.2 Å². The zero-order chi connectivity index (χ0) is 13.5. The van der Waals surface area contributed by atoms with Gasteiger partial charge in [0.1, 0.15) is 0 Å². The molecule has 1 aliphatic carbocycles. The van der Waals surface area contributed by atoms with E-state index in [0.29, 0.717) is 11.9 Å². The summed E-state index contributed by atoms with van der Waals surface area (Å²) in [4.78, 5) is 8.51. The summed E-state index contributed by atoms with van der Waals surface area (Å²) in [6.07, 6.45) is 10.4. The Labute approximate surface area is 128 Å². The van der Waals surface area contributed by atoms with Gasteiger partial charge in [-0.3, -0.25) is 4.40 Å². The van der Waals surface area contributed by atoms with Gasteiger partial charge >= 0.3 is 0 Å². The number of imidazole rings is 1. The van der Waals surface area contributed by atoms with E-state index in [0.717, 1.165) is 23.2 Å². The largest absolute Gasteiger partial charge is 0.352 e. The third kappa shape index (κ3) is 1.96. The van der Waals surface area contributed by atoms with Crippen LogP contribution >= 0.6 is 22.9 Å². The SMILES string of the molecule is ClCc1c(N2CCCC2C2CCCC2)nc2sccn12. The van der Waals surface area contributed by atoms with E-state index < -0.39 is 0 Å². The fourth-order valence-corrected chi connectivity index (χ4v) is 5.04. The van der Waals surface area contributed by atoms with Crippen LogP contribution in [0.2, 0.25) is 0 Å². The van der Waals surface area contributed by atoms with E-state index in [2.05, 4.69) is 20.9 Å². The van der Waals surface area contributed by atoms with Gasteiger partial charge in [0.05, 0.1) is 11.6 Å². The Morgan fingerprint density at radius 2 is 2.10 bits per heavy atom. The minimum absolute atomic E-state index is 0.543. The molecule has 1 atom stereocenters. The van der Waals surface area contributed by atoms with Crippen LogP contribution in [0.25, 0.3) is 4.96 Å². The molecule has 2 aromatic rings. The van der Waals surface area contributed by atoms with E-state index in [1.807, 2.05) is 0 Å². The number of fused-ring (bicyclic) bond motifs is 1. The lowest BCUT2D eigenvalue weighted by Gasteiger charge is -2.30. The molecular weight excluding hydrogens is 290 g/mol. The van der Waals surface area contributed by atoms with Gasteiger partial charge in [0.2, 0.25) is 0 Å². The highest BCUT2D eigenvalue weighted by Gasteiger charge is 2.35. The van der Waals surface area contributed by atoms with E-state index in [1.165, 1.54) is 44.2 Å². The molecule has 1 unspecified atom stereocenters. The summed E-state index contributed by atoms with van der Waals surface area (Å²) in [6.45, 7) is 1.15. The number of hydrogen-bond acceptors (Lipinski definition) is 3. The Kier molecular flexibility index (Phi) is 3.39. The highest BCUT2D eigenvalue weighted by Crippen LogP contribution is 2.39. The fourth-order valence-electron chi connectivity index (χ4n) is 4.06. The lowest BCUT2D eigenvalue weighted by Crippen LogP contribution is -2.35. The first-order valence-electron chi connectivity index (χ1n) is 7.65. The Morgan fingerprint density at radius 3 is 2.90 bits per heavy atom. The first kappa shape index (κ1) is 13.0. The fraction of sp³-hybridized carbons (Fsp3) is 0.667. The van der Waals surface area contributed by atoms with Crippen LogP contribution in [0.3, 0.4) is 0 Å². The van der Waals surface area contributed by atoms with Crippen molar-refractivity contribution in [3.63, 3.8) is 0 Å². The predicted octanol–water partition coefficient (Wildman–Crippen LogP) is 4.29. The minimum Gasteiger partial charge on any atom is -0.352 e. The van der Waals surface area contributed by atoms with Crippen molar-refractivity contribution in [1.82, 2.24) is 9.38 Å². The van der Waals surface area contributed by atoms with Gasteiger partial charge in [-0.2, -0.15) is 0 Å². The molecule has 2 aliphatic rings. The molecule has 4 rings (SSSR count). The van der Waals surface area contributed by atoms with Crippen molar-refractivity contribution in [3.05, 3.63) is 17.3 Å². The Balaban J connectivity index is 1.71. The van der Waals surface area contributed by atoms with E-state index in [1.54, 1.807) is 11.3 Å². The molecule has 1 saturated carbocycles. The Hall–Kier alpha value is -0.740. The molecule has 0 bridgehead atoms. The zero-order valence-electron chi connectivity index (χ0n) is 11.6. The van der Waals surface area contributed by atoms with Crippen LogP contribution in [-0.2, 0) is 5.88 Å². The molecule has 3 heterocycles. The van der Waals surface area contributed by atoms with Crippen LogP contribution in [0, 0.1) is 5.92 Å². The van der Waals surface area contributed by atoms with Crippen LogP contribution in [0.15, 0.2) is 11.6 Å². The van der Waals surface area contributed by atoms with Gasteiger partial charge < -0.3 is 4.90 Å². The van der Waals surface area contributed by atoms with Crippen molar-refractivity contribution in [2.75, 3.05) is 11.4 Å². The van der Waals surface area contributed by atoms with Crippen molar-refractivity contribution >= 4 is 33.7 Å². The van der Waals surface area contributed by atoms with Gasteiger partial charge in [-0.15, -0.1) is 22.9 Å². The average molecular weight is 310 g/mol. The van der Waals surface area contributed by atoms with E-state index >= 15 is 0 Å². The maximum absolute atomic E-state index is 6.21. The highest BCUT2D eigenvalue weighted by molar-refractivity contribution is 7.15. The average Bonchev–Trinajstić information content (AvgIpc) is 3.21. The number of alkyl halides is 1. The normalized spacial score (nSPS) is 24.2. The molecule has 0 radical (unpaired) electrons. The van der Waals surface area contributed by atoms with Crippen LogP contribution in [0.4, 0.5) is 5.82 Å². The molecule has 1 saturated heterocycles. The molecule has 3 nitrogen and oxygen atoms in total. The lowest BCUT2D eigenvalue weighted by molar-refractivity contribution is 0.429. The molecular formula is C15H20ClN3S.